The first-order valence-electron chi connectivity index (χ1n) is 11.1. The molecule has 2 aromatic carbocycles. The molecule has 0 radical (unpaired) electrons. The summed E-state index contributed by atoms with van der Waals surface area (Å²) in [6, 6.07) is 14.2. The zero-order valence-electron chi connectivity index (χ0n) is 18.7. The minimum Gasteiger partial charge on any atom is -0.480 e. The van der Waals surface area contributed by atoms with E-state index in [4.69, 9.17) is 4.74 Å². The van der Waals surface area contributed by atoms with E-state index >= 15 is 0 Å². The van der Waals surface area contributed by atoms with Crippen molar-refractivity contribution < 1.29 is 33.0 Å². The summed E-state index contributed by atoms with van der Waals surface area (Å²) in [6.07, 6.45) is -2.30. The molecule has 1 fully saturated rings. The number of amides is 2. The predicted molar refractivity (Wildman–Crippen MR) is 120 cm³/mol. The third-order valence-corrected chi connectivity index (χ3v) is 6.59. The summed E-state index contributed by atoms with van der Waals surface area (Å²) in [4.78, 5) is 39.2. The van der Waals surface area contributed by atoms with Crippen LogP contribution >= 0.6 is 0 Å². The maximum atomic E-state index is 13.4. The van der Waals surface area contributed by atoms with Crippen LogP contribution in [0.2, 0.25) is 0 Å². The molecule has 0 saturated carbocycles. The van der Waals surface area contributed by atoms with Crippen LogP contribution in [-0.2, 0) is 14.3 Å². The zero-order valence-corrected chi connectivity index (χ0v) is 18.7. The van der Waals surface area contributed by atoms with Crippen molar-refractivity contribution in [2.45, 2.75) is 37.1 Å². The topological polar surface area (TPSA) is 87.2 Å². The van der Waals surface area contributed by atoms with Gasteiger partial charge in [-0.1, -0.05) is 48.5 Å². The van der Waals surface area contributed by atoms with Crippen molar-refractivity contribution in [2.75, 3.05) is 26.7 Å². The quantitative estimate of drug-likeness (QED) is 0.688. The van der Waals surface area contributed by atoms with E-state index in [0.717, 1.165) is 27.2 Å². The number of likely N-dealkylation sites (tertiary alicyclic amines) is 1. The second-order valence-electron chi connectivity index (χ2n) is 8.71. The molecule has 0 bridgehead atoms. The van der Waals surface area contributed by atoms with Crippen molar-refractivity contribution in [2.24, 2.45) is 0 Å². The van der Waals surface area contributed by atoms with Crippen LogP contribution in [0.1, 0.15) is 36.3 Å². The Morgan fingerprint density at radius 3 is 2.12 bits per heavy atom. The molecule has 1 N–H and O–H groups in total. The van der Waals surface area contributed by atoms with Crippen molar-refractivity contribution in [3.8, 4) is 11.1 Å². The third-order valence-electron chi connectivity index (χ3n) is 6.59. The van der Waals surface area contributed by atoms with Gasteiger partial charge >= 0.3 is 12.1 Å². The summed E-state index contributed by atoms with van der Waals surface area (Å²) >= 11 is 0. The number of aliphatic carboxylic acids is 1. The number of nitrogens with zero attached hydrogens (tertiary/aromatic N) is 2. The number of carboxylic acids is 1. The lowest BCUT2D eigenvalue weighted by Gasteiger charge is -2.33. The second-order valence-corrected chi connectivity index (χ2v) is 8.71. The summed E-state index contributed by atoms with van der Waals surface area (Å²) in [5.41, 5.74) is 4.17. The van der Waals surface area contributed by atoms with Gasteiger partial charge in [-0.25, -0.2) is 18.4 Å². The molecular formula is C25H26F2N2O5. The highest BCUT2D eigenvalue weighted by atomic mass is 19.3. The van der Waals surface area contributed by atoms with Crippen LogP contribution in [0.4, 0.5) is 13.6 Å². The number of halogens is 2. The number of hydrogen-bond acceptors (Lipinski definition) is 4. The first-order valence-corrected chi connectivity index (χ1v) is 11.1. The molecule has 1 saturated heterocycles. The molecule has 9 heteroatoms. The van der Waals surface area contributed by atoms with E-state index in [1.54, 1.807) is 0 Å². The fourth-order valence-corrected chi connectivity index (χ4v) is 4.59. The Morgan fingerprint density at radius 1 is 1.06 bits per heavy atom. The van der Waals surface area contributed by atoms with Crippen molar-refractivity contribution in [1.29, 1.82) is 0 Å². The maximum Gasteiger partial charge on any atom is 0.410 e. The molecular weight excluding hydrogens is 446 g/mol. The molecule has 1 heterocycles. The number of alkyl halides is 2. The smallest absolute Gasteiger partial charge is 0.410 e. The van der Waals surface area contributed by atoms with Gasteiger partial charge in [-0.15, -0.1) is 0 Å². The Hall–Kier alpha value is -3.49. The van der Waals surface area contributed by atoms with Crippen molar-refractivity contribution in [3.63, 3.8) is 0 Å². The number of fused-ring (bicyclic) bond motifs is 3. The van der Waals surface area contributed by atoms with Crippen LogP contribution < -0.4 is 0 Å². The third kappa shape index (κ3) is 4.73. The largest absolute Gasteiger partial charge is 0.480 e. The van der Waals surface area contributed by atoms with Crippen LogP contribution in [-0.4, -0.2) is 71.6 Å². The Morgan fingerprint density at radius 2 is 1.59 bits per heavy atom. The molecule has 0 aromatic heterocycles. The van der Waals surface area contributed by atoms with Crippen LogP contribution in [0.15, 0.2) is 48.5 Å². The summed E-state index contributed by atoms with van der Waals surface area (Å²) in [5, 5.41) is 9.62. The van der Waals surface area contributed by atoms with E-state index in [1.165, 1.54) is 11.9 Å². The number of hydrogen-bond donors (Lipinski definition) is 1. The van der Waals surface area contributed by atoms with E-state index < -0.39 is 49.2 Å². The molecule has 1 aliphatic heterocycles. The van der Waals surface area contributed by atoms with E-state index in [2.05, 4.69) is 0 Å². The molecule has 1 unspecified atom stereocenters. The fourth-order valence-electron chi connectivity index (χ4n) is 4.59. The highest BCUT2D eigenvalue weighted by molar-refractivity contribution is 5.87. The average Bonchev–Trinajstić information content (AvgIpc) is 3.14. The molecule has 1 aliphatic carbocycles. The first kappa shape index (κ1) is 23.7. The SMILES string of the molecule is CN(C(=O)OCC1c2ccccc2-c2ccccc21)C(CC(=O)N1CCC(F)(F)CC1)C(=O)O. The molecule has 180 valence electrons. The average molecular weight is 472 g/mol. The number of benzene rings is 2. The number of carbonyl (C=O) groups is 3. The molecule has 0 spiro atoms. The molecule has 4 rings (SSSR count). The minimum absolute atomic E-state index is 0.0126. The van der Waals surface area contributed by atoms with Crippen LogP contribution in [0.25, 0.3) is 11.1 Å². The summed E-state index contributed by atoms with van der Waals surface area (Å²) in [7, 11) is 1.26. The molecule has 1 atom stereocenters. The number of rotatable bonds is 6. The van der Waals surface area contributed by atoms with E-state index in [0.29, 0.717) is 0 Å². The Labute approximate surface area is 195 Å². The highest BCUT2D eigenvalue weighted by Crippen LogP contribution is 2.44. The maximum absolute atomic E-state index is 13.4. The molecule has 34 heavy (non-hydrogen) atoms. The Kier molecular flexibility index (Phi) is 6.54. The van der Waals surface area contributed by atoms with Gasteiger partial charge in [0.1, 0.15) is 12.6 Å². The van der Waals surface area contributed by atoms with Crippen molar-refractivity contribution in [1.82, 2.24) is 9.80 Å². The molecule has 7 nitrogen and oxygen atoms in total. The standard InChI is InChI=1S/C25H26F2N2O5/c1-28(21(23(31)32)14-22(30)29-12-10-25(26,27)11-13-29)24(33)34-15-20-18-8-4-2-6-16(18)17-7-3-5-9-19(17)20/h2-9,20-21H,10-15H2,1H3,(H,31,32). The molecule has 2 aliphatic rings. The zero-order chi connectivity index (χ0) is 24.5. The summed E-state index contributed by atoms with van der Waals surface area (Å²) in [6.45, 7) is -0.279. The van der Waals surface area contributed by atoms with Crippen molar-refractivity contribution >= 4 is 18.0 Å². The summed E-state index contributed by atoms with van der Waals surface area (Å²) < 4.78 is 32.2. The van der Waals surface area contributed by atoms with Gasteiger partial charge in [0.05, 0.1) is 6.42 Å². The number of carbonyl (C=O) groups excluding carboxylic acids is 2. The van der Waals surface area contributed by atoms with Gasteiger partial charge in [-0.2, -0.15) is 0 Å². The number of piperidine rings is 1. The predicted octanol–water partition coefficient (Wildman–Crippen LogP) is 3.97. The lowest BCUT2D eigenvalue weighted by atomic mass is 9.98. The van der Waals surface area contributed by atoms with E-state index in [-0.39, 0.29) is 25.6 Å². The second kappa shape index (κ2) is 9.40. The van der Waals surface area contributed by atoms with Crippen LogP contribution in [0, 0.1) is 0 Å². The van der Waals surface area contributed by atoms with E-state index in [9.17, 15) is 28.3 Å². The van der Waals surface area contributed by atoms with Gasteiger partial charge in [0.25, 0.3) is 5.92 Å². The normalized spacial score (nSPS) is 17.4. The Bertz CT molecular complexity index is 1050. The minimum atomic E-state index is -2.82. The molecule has 2 amide bonds. The number of carboxylic acid groups (broad SMARTS) is 1. The first-order chi connectivity index (χ1) is 16.2. The lowest BCUT2D eigenvalue weighted by molar-refractivity contribution is -0.148. The van der Waals surface area contributed by atoms with Gasteiger partial charge in [0.15, 0.2) is 0 Å². The highest BCUT2D eigenvalue weighted by Gasteiger charge is 2.38. The van der Waals surface area contributed by atoms with Crippen LogP contribution in [0.5, 0.6) is 0 Å². The fraction of sp³-hybridized carbons (Fsp3) is 0.400. The van der Waals surface area contributed by atoms with Crippen LogP contribution in [0.3, 0.4) is 0 Å². The van der Waals surface area contributed by atoms with Gasteiger partial charge < -0.3 is 14.7 Å². The van der Waals surface area contributed by atoms with Gasteiger partial charge in [-0.05, 0) is 22.3 Å². The summed E-state index contributed by atoms with van der Waals surface area (Å²) in [5.74, 6) is -4.96. The Balaban J connectivity index is 1.40. The van der Waals surface area contributed by atoms with Gasteiger partial charge in [-0.3, -0.25) is 9.69 Å². The molecule has 2 aromatic rings. The van der Waals surface area contributed by atoms with Gasteiger partial charge in [0.2, 0.25) is 5.91 Å². The van der Waals surface area contributed by atoms with Crippen molar-refractivity contribution in [3.05, 3.63) is 59.7 Å². The monoisotopic (exact) mass is 472 g/mol. The number of ether oxygens (including phenoxy) is 1. The van der Waals surface area contributed by atoms with Gasteiger partial charge in [0, 0.05) is 38.9 Å². The lowest BCUT2D eigenvalue weighted by Crippen LogP contribution is -2.48. The number of likely N-dealkylation sites (N-methyl/N-ethyl adjacent to an activating group) is 1. The van der Waals surface area contributed by atoms with E-state index in [1.807, 2.05) is 48.5 Å².